The smallest absolute Gasteiger partial charge is 0.0368 e. The first kappa shape index (κ1) is 26.5. The Bertz CT molecular complexity index is 2780. The van der Waals surface area contributed by atoms with Crippen molar-refractivity contribution in [2.75, 3.05) is 0 Å². The molecule has 0 radical (unpaired) electrons. The monoisotopic (exact) mass is 612 g/mol. The average Bonchev–Trinajstić information content (AvgIpc) is 3.52. The summed E-state index contributed by atoms with van der Waals surface area (Å²) < 4.78 is 2.67. The SMILES string of the molecule is c1ccc(-c2c3ccccc3c(-c3ccc(-c4cc5sc6ccccc6c5c5ccccc45)c4ccccc34)c3ccccc23)cc1. The molecular formula is C46H28S. The van der Waals surface area contributed by atoms with Gasteiger partial charge in [0.15, 0.2) is 0 Å². The Balaban J connectivity index is 1.30. The van der Waals surface area contributed by atoms with Gasteiger partial charge in [-0.15, -0.1) is 11.3 Å². The number of rotatable bonds is 3. The van der Waals surface area contributed by atoms with Gasteiger partial charge in [0.25, 0.3) is 0 Å². The van der Waals surface area contributed by atoms with Crippen molar-refractivity contribution < 1.29 is 0 Å². The Labute approximate surface area is 276 Å². The van der Waals surface area contributed by atoms with Crippen molar-refractivity contribution in [3.05, 3.63) is 170 Å². The summed E-state index contributed by atoms with van der Waals surface area (Å²) in [5, 5.41) is 13.0. The number of fused-ring (bicyclic) bond motifs is 8. The molecule has 1 heterocycles. The maximum atomic E-state index is 2.43. The van der Waals surface area contributed by atoms with Crippen LogP contribution in [-0.2, 0) is 0 Å². The highest BCUT2D eigenvalue weighted by atomic mass is 32.1. The van der Waals surface area contributed by atoms with Gasteiger partial charge >= 0.3 is 0 Å². The van der Waals surface area contributed by atoms with Crippen LogP contribution in [0, 0.1) is 0 Å². The molecule has 9 aromatic carbocycles. The lowest BCUT2D eigenvalue weighted by Gasteiger charge is -2.20. The topological polar surface area (TPSA) is 0 Å². The summed E-state index contributed by atoms with van der Waals surface area (Å²) in [6.45, 7) is 0. The van der Waals surface area contributed by atoms with Gasteiger partial charge in [-0.1, -0.05) is 158 Å². The van der Waals surface area contributed by atoms with Crippen LogP contribution in [0.3, 0.4) is 0 Å². The first-order valence-corrected chi connectivity index (χ1v) is 17.0. The van der Waals surface area contributed by atoms with Gasteiger partial charge in [-0.2, -0.15) is 0 Å². The predicted octanol–water partition coefficient (Wildman–Crippen LogP) is 13.7. The van der Waals surface area contributed by atoms with Crippen LogP contribution >= 0.6 is 11.3 Å². The minimum Gasteiger partial charge on any atom is -0.135 e. The van der Waals surface area contributed by atoms with Crippen LogP contribution in [0.4, 0.5) is 0 Å². The van der Waals surface area contributed by atoms with Crippen LogP contribution in [0.25, 0.3) is 96.6 Å². The summed E-state index contributed by atoms with van der Waals surface area (Å²) in [4.78, 5) is 0. The van der Waals surface area contributed by atoms with Gasteiger partial charge in [-0.05, 0) is 88.6 Å². The highest BCUT2D eigenvalue weighted by molar-refractivity contribution is 7.26. The van der Waals surface area contributed by atoms with E-state index in [1.165, 1.54) is 96.6 Å². The number of thiophene rings is 1. The van der Waals surface area contributed by atoms with Crippen molar-refractivity contribution in [1.29, 1.82) is 0 Å². The molecular weight excluding hydrogens is 585 g/mol. The van der Waals surface area contributed by atoms with Crippen molar-refractivity contribution in [2.45, 2.75) is 0 Å². The molecule has 0 atom stereocenters. The minimum absolute atomic E-state index is 1.25. The van der Waals surface area contributed by atoms with Gasteiger partial charge in [0, 0.05) is 20.2 Å². The van der Waals surface area contributed by atoms with E-state index in [4.69, 9.17) is 0 Å². The van der Waals surface area contributed by atoms with Gasteiger partial charge in [0.1, 0.15) is 0 Å². The first-order chi connectivity index (χ1) is 23.3. The fraction of sp³-hybridized carbons (Fsp3) is 0. The van der Waals surface area contributed by atoms with Crippen LogP contribution in [-0.4, -0.2) is 0 Å². The molecule has 0 amide bonds. The third-order valence-electron chi connectivity index (χ3n) is 9.86. The molecule has 0 N–H and O–H groups in total. The predicted molar refractivity (Wildman–Crippen MR) is 206 cm³/mol. The zero-order chi connectivity index (χ0) is 30.9. The molecule has 0 aliphatic carbocycles. The van der Waals surface area contributed by atoms with Gasteiger partial charge in [-0.3, -0.25) is 0 Å². The van der Waals surface area contributed by atoms with Crippen LogP contribution < -0.4 is 0 Å². The molecule has 1 aromatic heterocycles. The van der Waals surface area contributed by atoms with Gasteiger partial charge in [0.05, 0.1) is 0 Å². The molecule has 0 spiro atoms. The molecule has 0 aliphatic heterocycles. The molecule has 0 aliphatic rings. The first-order valence-electron chi connectivity index (χ1n) is 16.2. The maximum absolute atomic E-state index is 2.43. The van der Waals surface area contributed by atoms with Gasteiger partial charge in [-0.25, -0.2) is 0 Å². The van der Waals surface area contributed by atoms with Crippen molar-refractivity contribution in [2.24, 2.45) is 0 Å². The number of hydrogen-bond donors (Lipinski definition) is 0. The quantitative estimate of drug-likeness (QED) is 0.174. The minimum atomic E-state index is 1.25. The maximum Gasteiger partial charge on any atom is 0.0368 e. The standard InChI is InChI=1S/C46H28S/c1-2-14-29(15-3-1)44-35-20-8-10-22-37(35)45(38-23-11-9-21-36(38)44)39-27-26-33(30-16-4-5-17-31(30)39)41-28-43-46(34-19-7-6-18-32(34)41)40-24-12-13-25-42(40)47-43/h1-28H. The fourth-order valence-corrected chi connectivity index (χ4v) is 9.06. The van der Waals surface area contributed by atoms with Crippen LogP contribution in [0.2, 0.25) is 0 Å². The van der Waals surface area contributed by atoms with E-state index in [2.05, 4.69) is 170 Å². The summed E-state index contributed by atoms with van der Waals surface area (Å²) in [6.07, 6.45) is 0. The third kappa shape index (κ3) is 3.94. The molecule has 0 saturated carbocycles. The summed E-state index contributed by atoms with van der Waals surface area (Å²) in [5.74, 6) is 0. The van der Waals surface area contributed by atoms with Crippen molar-refractivity contribution in [3.63, 3.8) is 0 Å². The number of benzene rings is 9. The normalized spacial score (nSPS) is 11.8. The second-order valence-electron chi connectivity index (χ2n) is 12.4. The fourth-order valence-electron chi connectivity index (χ4n) is 7.90. The lowest BCUT2D eigenvalue weighted by molar-refractivity contribution is 1.66. The Morgan fingerprint density at radius 1 is 0.277 bits per heavy atom. The average molecular weight is 613 g/mol. The zero-order valence-corrected chi connectivity index (χ0v) is 26.4. The molecule has 218 valence electrons. The largest absolute Gasteiger partial charge is 0.135 e. The summed E-state index contributed by atoms with van der Waals surface area (Å²) in [6, 6.07) is 62.6. The van der Waals surface area contributed by atoms with Crippen LogP contribution in [0.5, 0.6) is 0 Å². The molecule has 0 unspecified atom stereocenters. The molecule has 10 rings (SSSR count). The molecule has 0 nitrogen and oxygen atoms in total. The van der Waals surface area contributed by atoms with Gasteiger partial charge < -0.3 is 0 Å². The van der Waals surface area contributed by atoms with E-state index in [0.717, 1.165) is 0 Å². The highest BCUT2D eigenvalue weighted by Gasteiger charge is 2.20. The molecule has 10 aromatic rings. The third-order valence-corrected chi connectivity index (χ3v) is 11.0. The van der Waals surface area contributed by atoms with E-state index < -0.39 is 0 Å². The van der Waals surface area contributed by atoms with Crippen molar-refractivity contribution in [3.8, 4) is 33.4 Å². The Morgan fingerprint density at radius 2 is 0.723 bits per heavy atom. The van der Waals surface area contributed by atoms with Gasteiger partial charge in [0.2, 0.25) is 0 Å². The second kappa shape index (κ2) is 10.4. The number of hydrogen-bond acceptors (Lipinski definition) is 1. The van der Waals surface area contributed by atoms with Crippen molar-refractivity contribution >= 4 is 74.6 Å². The van der Waals surface area contributed by atoms with Crippen LogP contribution in [0.15, 0.2) is 170 Å². The lowest BCUT2D eigenvalue weighted by atomic mass is 9.83. The van der Waals surface area contributed by atoms with E-state index in [-0.39, 0.29) is 0 Å². The second-order valence-corrected chi connectivity index (χ2v) is 13.4. The summed E-state index contributed by atoms with van der Waals surface area (Å²) in [7, 11) is 0. The molecule has 0 bridgehead atoms. The van der Waals surface area contributed by atoms with E-state index in [1.54, 1.807) is 0 Å². The summed E-state index contributed by atoms with van der Waals surface area (Å²) in [5.41, 5.74) is 7.66. The van der Waals surface area contributed by atoms with E-state index in [9.17, 15) is 0 Å². The van der Waals surface area contributed by atoms with E-state index >= 15 is 0 Å². The van der Waals surface area contributed by atoms with Crippen LogP contribution in [0.1, 0.15) is 0 Å². The Hall–Kier alpha value is -5.76. The lowest BCUT2D eigenvalue weighted by Crippen LogP contribution is -1.92. The Kier molecular flexibility index (Phi) is 5.85. The molecule has 1 heteroatoms. The molecule has 47 heavy (non-hydrogen) atoms. The van der Waals surface area contributed by atoms with Crippen molar-refractivity contribution in [1.82, 2.24) is 0 Å². The Morgan fingerprint density at radius 3 is 1.36 bits per heavy atom. The van der Waals surface area contributed by atoms with E-state index in [0.29, 0.717) is 0 Å². The summed E-state index contributed by atoms with van der Waals surface area (Å²) >= 11 is 1.89. The molecule has 0 saturated heterocycles. The van der Waals surface area contributed by atoms with E-state index in [1.807, 2.05) is 11.3 Å². The molecule has 0 fully saturated rings. The highest BCUT2D eigenvalue weighted by Crippen LogP contribution is 2.48. The zero-order valence-electron chi connectivity index (χ0n) is 25.6.